The maximum absolute atomic E-state index is 12.9. The molecule has 0 aliphatic rings. The van der Waals surface area contributed by atoms with Gasteiger partial charge in [-0.05, 0) is 31.5 Å². The maximum Gasteiger partial charge on any atom is 0.416 e. The van der Waals surface area contributed by atoms with Crippen molar-refractivity contribution in [2.45, 2.75) is 26.1 Å². The second-order valence-corrected chi connectivity index (χ2v) is 5.22. The Hall–Kier alpha value is -2.35. The smallest absolute Gasteiger partial charge is 0.396 e. The number of alkyl halides is 3. The second-order valence-electron chi connectivity index (χ2n) is 5.22. The Labute approximate surface area is 135 Å². The van der Waals surface area contributed by atoms with Crippen LogP contribution in [0.15, 0.2) is 29.2 Å². The molecule has 0 unspecified atom stereocenters. The van der Waals surface area contributed by atoms with Crippen molar-refractivity contribution in [3.8, 4) is 0 Å². The summed E-state index contributed by atoms with van der Waals surface area (Å²) in [5, 5.41) is 11.0. The van der Waals surface area contributed by atoms with E-state index in [0.29, 0.717) is 18.5 Å². The van der Waals surface area contributed by atoms with Crippen LogP contribution in [0.3, 0.4) is 0 Å². The van der Waals surface area contributed by atoms with Crippen molar-refractivity contribution < 1.29 is 23.1 Å². The minimum Gasteiger partial charge on any atom is -0.396 e. The zero-order valence-electron chi connectivity index (χ0n) is 13.0. The summed E-state index contributed by atoms with van der Waals surface area (Å²) in [4.78, 5) is 24.6. The van der Waals surface area contributed by atoms with Crippen LogP contribution in [-0.2, 0) is 12.7 Å². The summed E-state index contributed by atoms with van der Waals surface area (Å²) >= 11 is 0. The predicted octanol–water partition coefficient (Wildman–Crippen LogP) is 2.15. The van der Waals surface area contributed by atoms with Crippen LogP contribution in [0.4, 0.5) is 13.2 Å². The molecule has 130 valence electrons. The molecule has 0 aliphatic heterocycles. The van der Waals surface area contributed by atoms with Gasteiger partial charge in [0.05, 0.1) is 11.1 Å². The highest BCUT2D eigenvalue weighted by Gasteiger charge is 2.31. The summed E-state index contributed by atoms with van der Waals surface area (Å²) in [7, 11) is 0. The van der Waals surface area contributed by atoms with Gasteiger partial charge in [0.1, 0.15) is 5.56 Å². The number of aryl methyl sites for hydroxylation is 1. The van der Waals surface area contributed by atoms with Gasteiger partial charge < -0.3 is 15.0 Å². The third-order valence-electron chi connectivity index (χ3n) is 3.61. The van der Waals surface area contributed by atoms with Crippen molar-refractivity contribution in [2.24, 2.45) is 0 Å². The van der Waals surface area contributed by atoms with E-state index in [1.165, 1.54) is 12.3 Å². The fourth-order valence-corrected chi connectivity index (χ4v) is 2.37. The quantitative estimate of drug-likeness (QED) is 0.818. The summed E-state index contributed by atoms with van der Waals surface area (Å²) in [5.41, 5.74) is -1.57. The number of amides is 1. The first-order valence-electron chi connectivity index (χ1n) is 7.43. The standard InChI is InChI=1S/C16H17F3N2O3/c1-2-21-9-12(15(24)20-6-3-7-22)14(23)11-8-10(16(17,18)19)4-5-13(11)21/h4-5,8-9,22H,2-3,6-7H2,1H3,(H,20,24). The van der Waals surface area contributed by atoms with Crippen LogP contribution in [0, 0.1) is 0 Å². The molecule has 1 aromatic heterocycles. The van der Waals surface area contributed by atoms with E-state index in [4.69, 9.17) is 5.11 Å². The minimum atomic E-state index is -4.57. The Morgan fingerprint density at radius 3 is 2.62 bits per heavy atom. The van der Waals surface area contributed by atoms with Crippen molar-refractivity contribution in [3.05, 3.63) is 45.7 Å². The number of aliphatic hydroxyl groups is 1. The summed E-state index contributed by atoms with van der Waals surface area (Å²) in [6.45, 7) is 2.20. The molecule has 0 aliphatic carbocycles. The van der Waals surface area contributed by atoms with Gasteiger partial charge in [-0.25, -0.2) is 0 Å². The highest BCUT2D eigenvalue weighted by Crippen LogP contribution is 2.30. The molecule has 1 amide bonds. The molecule has 0 spiro atoms. The number of halogens is 3. The van der Waals surface area contributed by atoms with Gasteiger partial charge in [-0.2, -0.15) is 13.2 Å². The number of hydrogen-bond donors (Lipinski definition) is 2. The third kappa shape index (κ3) is 3.59. The van der Waals surface area contributed by atoms with Crippen LogP contribution in [0.2, 0.25) is 0 Å². The fourth-order valence-electron chi connectivity index (χ4n) is 2.37. The van der Waals surface area contributed by atoms with Gasteiger partial charge in [-0.3, -0.25) is 9.59 Å². The molecule has 2 N–H and O–H groups in total. The van der Waals surface area contributed by atoms with Crippen LogP contribution in [0.5, 0.6) is 0 Å². The van der Waals surface area contributed by atoms with Crippen LogP contribution < -0.4 is 10.7 Å². The Morgan fingerprint density at radius 1 is 1.33 bits per heavy atom. The molecule has 1 aromatic carbocycles. The first-order valence-corrected chi connectivity index (χ1v) is 7.43. The SMILES string of the molecule is CCn1cc(C(=O)NCCCO)c(=O)c2cc(C(F)(F)F)ccc21. The minimum absolute atomic E-state index is 0.119. The first-order chi connectivity index (χ1) is 11.3. The lowest BCUT2D eigenvalue weighted by molar-refractivity contribution is -0.137. The molecule has 2 aromatic rings. The number of benzene rings is 1. The number of pyridine rings is 1. The van der Waals surface area contributed by atoms with E-state index >= 15 is 0 Å². The predicted molar refractivity (Wildman–Crippen MR) is 82.9 cm³/mol. The number of aromatic nitrogens is 1. The van der Waals surface area contributed by atoms with Gasteiger partial charge in [0.15, 0.2) is 0 Å². The van der Waals surface area contributed by atoms with Crippen LogP contribution in [-0.4, -0.2) is 28.7 Å². The van der Waals surface area contributed by atoms with Gasteiger partial charge in [0, 0.05) is 31.3 Å². The van der Waals surface area contributed by atoms with E-state index in [-0.39, 0.29) is 24.1 Å². The van der Waals surface area contributed by atoms with Crippen LogP contribution in [0.25, 0.3) is 10.9 Å². The van der Waals surface area contributed by atoms with E-state index in [0.717, 1.165) is 12.1 Å². The number of fused-ring (bicyclic) bond motifs is 1. The van der Waals surface area contributed by atoms with Crippen molar-refractivity contribution in [3.63, 3.8) is 0 Å². The third-order valence-corrected chi connectivity index (χ3v) is 3.61. The number of aliphatic hydroxyl groups excluding tert-OH is 1. The van der Waals surface area contributed by atoms with E-state index in [1.54, 1.807) is 11.5 Å². The maximum atomic E-state index is 12.9. The van der Waals surface area contributed by atoms with Crippen molar-refractivity contribution in [1.29, 1.82) is 0 Å². The topological polar surface area (TPSA) is 71.3 Å². The number of carbonyl (C=O) groups excluding carboxylic acids is 1. The zero-order valence-corrected chi connectivity index (χ0v) is 13.0. The Morgan fingerprint density at radius 2 is 2.04 bits per heavy atom. The monoisotopic (exact) mass is 342 g/mol. The normalized spacial score (nSPS) is 11.7. The molecule has 8 heteroatoms. The molecule has 0 saturated heterocycles. The molecule has 0 radical (unpaired) electrons. The van der Waals surface area contributed by atoms with Crippen molar-refractivity contribution in [2.75, 3.05) is 13.2 Å². The number of nitrogens with one attached hydrogen (secondary N) is 1. The van der Waals surface area contributed by atoms with Gasteiger partial charge in [-0.15, -0.1) is 0 Å². The molecule has 0 saturated carbocycles. The molecular weight excluding hydrogens is 325 g/mol. The molecular formula is C16H17F3N2O3. The first kappa shape index (κ1) is 18.0. The van der Waals surface area contributed by atoms with Gasteiger partial charge in [0.2, 0.25) is 5.43 Å². The number of nitrogens with zero attached hydrogens (tertiary/aromatic N) is 1. The molecule has 0 atom stereocenters. The Kier molecular flexibility index (Phi) is 5.28. The summed E-state index contributed by atoms with van der Waals surface area (Å²) in [6.07, 6.45) is -2.91. The van der Waals surface area contributed by atoms with Gasteiger partial charge in [0.25, 0.3) is 5.91 Å². The largest absolute Gasteiger partial charge is 0.416 e. The molecule has 2 rings (SSSR count). The molecule has 24 heavy (non-hydrogen) atoms. The Bertz CT molecular complexity index is 813. The molecule has 0 fully saturated rings. The number of rotatable bonds is 5. The number of carbonyl (C=O) groups is 1. The summed E-state index contributed by atoms with van der Waals surface area (Å²) in [5.74, 6) is -0.671. The van der Waals surface area contributed by atoms with Gasteiger partial charge >= 0.3 is 6.18 Å². The lowest BCUT2D eigenvalue weighted by Gasteiger charge is -2.13. The molecule has 1 heterocycles. The number of hydrogen-bond acceptors (Lipinski definition) is 3. The van der Waals surface area contributed by atoms with E-state index < -0.39 is 23.1 Å². The Balaban J connectivity index is 2.59. The highest BCUT2D eigenvalue weighted by atomic mass is 19.4. The summed E-state index contributed by atoms with van der Waals surface area (Å²) in [6, 6.07) is 2.92. The lowest BCUT2D eigenvalue weighted by Crippen LogP contribution is -2.31. The van der Waals surface area contributed by atoms with E-state index in [2.05, 4.69) is 5.32 Å². The second kappa shape index (κ2) is 7.04. The highest BCUT2D eigenvalue weighted by molar-refractivity contribution is 5.97. The molecule has 5 nitrogen and oxygen atoms in total. The zero-order chi connectivity index (χ0) is 17.9. The average Bonchev–Trinajstić information content (AvgIpc) is 2.54. The van der Waals surface area contributed by atoms with Crippen molar-refractivity contribution in [1.82, 2.24) is 9.88 Å². The van der Waals surface area contributed by atoms with E-state index in [1.807, 2.05) is 0 Å². The van der Waals surface area contributed by atoms with Crippen molar-refractivity contribution >= 4 is 16.8 Å². The van der Waals surface area contributed by atoms with E-state index in [9.17, 15) is 22.8 Å². The average molecular weight is 342 g/mol. The lowest BCUT2D eigenvalue weighted by atomic mass is 10.1. The fraction of sp³-hybridized carbons (Fsp3) is 0.375. The summed E-state index contributed by atoms with van der Waals surface area (Å²) < 4.78 is 40.2. The van der Waals surface area contributed by atoms with Crippen LogP contribution in [0.1, 0.15) is 29.3 Å². The van der Waals surface area contributed by atoms with Crippen LogP contribution >= 0.6 is 0 Å². The van der Waals surface area contributed by atoms with Gasteiger partial charge in [-0.1, -0.05) is 0 Å². The molecule has 0 bridgehead atoms.